The lowest BCUT2D eigenvalue weighted by molar-refractivity contribution is -0.114. The number of carbonyl (C=O) groups is 1. The van der Waals surface area contributed by atoms with Gasteiger partial charge in [0.1, 0.15) is 0 Å². The van der Waals surface area contributed by atoms with Crippen molar-refractivity contribution in [3.8, 4) is 0 Å². The molecule has 1 aliphatic heterocycles. The van der Waals surface area contributed by atoms with E-state index in [4.69, 9.17) is 11.6 Å². The van der Waals surface area contributed by atoms with Gasteiger partial charge in [0.25, 0.3) is 5.91 Å². The van der Waals surface area contributed by atoms with Gasteiger partial charge in [0, 0.05) is 22.8 Å². The molecule has 2 aromatic carbocycles. The predicted octanol–water partition coefficient (Wildman–Crippen LogP) is 4.33. The fourth-order valence-corrected chi connectivity index (χ4v) is 2.95. The Bertz CT molecular complexity index is 708. The maximum Gasteiger partial charge on any atom is 0.251 e. The number of fused-ring (bicyclic) bond motifs is 1. The van der Waals surface area contributed by atoms with Crippen molar-refractivity contribution in [2.24, 2.45) is 0 Å². The maximum atomic E-state index is 12.5. The van der Waals surface area contributed by atoms with Crippen molar-refractivity contribution in [3.63, 3.8) is 0 Å². The maximum absolute atomic E-state index is 12.5. The Labute approximate surface area is 129 Å². The molecule has 0 spiro atoms. The first-order chi connectivity index (χ1) is 10.2. The standard InChI is InChI=1S/C18H16ClNO/c1-13-12-15-7-3-5-9-17(15)20(13)18(21)11-10-14-6-2-4-8-16(14)19/h2-11,13H,12H2,1H3/b11-10+/t13-/m0/s1. The quantitative estimate of drug-likeness (QED) is 0.756. The van der Waals surface area contributed by atoms with Gasteiger partial charge in [0.05, 0.1) is 0 Å². The van der Waals surface area contributed by atoms with Crippen LogP contribution in [0.4, 0.5) is 5.69 Å². The van der Waals surface area contributed by atoms with Crippen molar-refractivity contribution in [1.82, 2.24) is 0 Å². The summed E-state index contributed by atoms with van der Waals surface area (Å²) in [7, 11) is 0. The van der Waals surface area contributed by atoms with Gasteiger partial charge in [-0.3, -0.25) is 4.79 Å². The smallest absolute Gasteiger partial charge is 0.251 e. The summed E-state index contributed by atoms with van der Waals surface area (Å²) in [5, 5.41) is 0.649. The second-order valence-electron chi connectivity index (χ2n) is 5.24. The zero-order chi connectivity index (χ0) is 14.8. The van der Waals surface area contributed by atoms with E-state index in [-0.39, 0.29) is 11.9 Å². The molecule has 2 aromatic rings. The highest BCUT2D eigenvalue weighted by atomic mass is 35.5. The summed E-state index contributed by atoms with van der Waals surface area (Å²) < 4.78 is 0. The lowest BCUT2D eigenvalue weighted by atomic mass is 10.1. The van der Waals surface area contributed by atoms with E-state index in [1.165, 1.54) is 5.56 Å². The van der Waals surface area contributed by atoms with Crippen LogP contribution in [0.1, 0.15) is 18.1 Å². The molecule has 3 heteroatoms. The van der Waals surface area contributed by atoms with Crippen molar-refractivity contribution < 1.29 is 4.79 Å². The van der Waals surface area contributed by atoms with Gasteiger partial charge in [0.2, 0.25) is 0 Å². The number of halogens is 1. The summed E-state index contributed by atoms with van der Waals surface area (Å²) in [6, 6.07) is 15.7. The van der Waals surface area contributed by atoms with Crippen LogP contribution in [0.2, 0.25) is 5.02 Å². The molecule has 1 atom stereocenters. The van der Waals surface area contributed by atoms with Crippen LogP contribution in [0.3, 0.4) is 0 Å². The zero-order valence-corrected chi connectivity index (χ0v) is 12.5. The molecule has 0 saturated heterocycles. The normalized spacial score (nSPS) is 17.2. The molecule has 1 aliphatic rings. The van der Waals surface area contributed by atoms with Crippen LogP contribution in [-0.4, -0.2) is 11.9 Å². The summed E-state index contributed by atoms with van der Waals surface area (Å²) in [4.78, 5) is 14.3. The van der Waals surface area contributed by atoms with E-state index in [1.807, 2.05) is 47.4 Å². The molecule has 0 saturated carbocycles. The molecule has 1 amide bonds. The number of hydrogen-bond acceptors (Lipinski definition) is 1. The van der Waals surface area contributed by atoms with E-state index in [1.54, 1.807) is 12.2 Å². The average Bonchev–Trinajstić information content (AvgIpc) is 2.82. The molecule has 1 heterocycles. The largest absolute Gasteiger partial charge is 0.305 e. The number of hydrogen-bond donors (Lipinski definition) is 0. The summed E-state index contributed by atoms with van der Waals surface area (Å²) in [5.41, 5.74) is 3.09. The minimum atomic E-state index is -0.00707. The van der Waals surface area contributed by atoms with Crippen LogP contribution in [-0.2, 0) is 11.2 Å². The lowest BCUT2D eigenvalue weighted by Crippen LogP contribution is -2.34. The molecule has 2 nitrogen and oxygen atoms in total. The van der Waals surface area contributed by atoms with Gasteiger partial charge in [0.15, 0.2) is 0 Å². The first-order valence-electron chi connectivity index (χ1n) is 7.00. The van der Waals surface area contributed by atoms with Crippen molar-refractivity contribution in [2.75, 3.05) is 4.90 Å². The van der Waals surface area contributed by atoms with Gasteiger partial charge in [-0.25, -0.2) is 0 Å². The van der Waals surface area contributed by atoms with Crippen molar-refractivity contribution in [2.45, 2.75) is 19.4 Å². The molecule has 21 heavy (non-hydrogen) atoms. The summed E-state index contributed by atoms with van der Waals surface area (Å²) in [6.07, 6.45) is 4.28. The molecule has 3 rings (SSSR count). The molecule has 106 valence electrons. The van der Waals surface area contributed by atoms with Crippen LogP contribution in [0, 0.1) is 0 Å². The fourth-order valence-electron chi connectivity index (χ4n) is 2.75. The number of amides is 1. The highest BCUT2D eigenvalue weighted by Gasteiger charge is 2.29. The van der Waals surface area contributed by atoms with Gasteiger partial charge >= 0.3 is 0 Å². The SMILES string of the molecule is C[C@H]1Cc2ccccc2N1C(=O)/C=C/c1ccccc1Cl. The first-order valence-corrected chi connectivity index (χ1v) is 7.38. The van der Waals surface area contributed by atoms with E-state index in [0.717, 1.165) is 17.7 Å². The zero-order valence-electron chi connectivity index (χ0n) is 11.8. The minimum absolute atomic E-state index is 0.00707. The van der Waals surface area contributed by atoms with Gasteiger partial charge in [-0.2, -0.15) is 0 Å². The van der Waals surface area contributed by atoms with E-state index in [2.05, 4.69) is 13.0 Å². The molecular formula is C18H16ClNO. The van der Waals surface area contributed by atoms with Crippen molar-refractivity contribution in [3.05, 3.63) is 70.8 Å². The van der Waals surface area contributed by atoms with Crippen LogP contribution in [0.5, 0.6) is 0 Å². The monoisotopic (exact) mass is 297 g/mol. The third kappa shape index (κ3) is 2.72. The Balaban J connectivity index is 1.85. The molecule has 0 N–H and O–H groups in total. The number of anilines is 1. The van der Waals surface area contributed by atoms with Crippen molar-refractivity contribution in [1.29, 1.82) is 0 Å². The third-order valence-electron chi connectivity index (χ3n) is 3.76. The summed E-state index contributed by atoms with van der Waals surface area (Å²) in [6.45, 7) is 2.07. The van der Waals surface area contributed by atoms with Crippen LogP contribution < -0.4 is 4.90 Å². The third-order valence-corrected chi connectivity index (χ3v) is 4.10. The van der Waals surface area contributed by atoms with Crippen molar-refractivity contribution >= 4 is 29.3 Å². The highest BCUT2D eigenvalue weighted by molar-refractivity contribution is 6.32. The Morgan fingerprint density at radius 2 is 1.90 bits per heavy atom. The van der Waals surface area contributed by atoms with Crippen LogP contribution in [0.25, 0.3) is 6.08 Å². The summed E-state index contributed by atoms with van der Waals surface area (Å²) in [5.74, 6) is -0.00707. The number of benzene rings is 2. The number of rotatable bonds is 2. The molecule has 0 unspecified atom stereocenters. The van der Waals surface area contributed by atoms with Gasteiger partial charge < -0.3 is 4.90 Å². The second-order valence-corrected chi connectivity index (χ2v) is 5.65. The molecular weight excluding hydrogens is 282 g/mol. The predicted molar refractivity (Wildman–Crippen MR) is 87.6 cm³/mol. The Hall–Kier alpha value is -2.06. The molecule has 0 fully saturated rings. The molecule has 0 aromatic heterocycles. The summed E-state index contributed by atoms with van der Waals surface area (Å²) >= 11 is 6.10. The highest BCUT2D eigenvalue weighted by Crippen LogP contribution is 2.32. The molecule has 0 aliphatic carbocycles. The molecule has 0 radical (unpaired) electrons. The number of nitrogens with zero attached hydrogens (tertiary/aromatic N) is 1. The van der Waals surface area contributed by atoms with Gasteiger partial charge in [-0.15, -0.1) is 0 Å². The fraction of sp³-hybridized carbons (Fsp3) is 0.167. The van der Waals surface area contributed by atoms with Crippen LogP contribution >= 0.6 is 11.6 Å². The Morgan fingerprint density at radius 1 is 1.19 bits per heavy atom. The topological polar surface area (TPSA) is 20.3 Å². The number of para-hydroxylation sites is 1. The average molecular weight is 298 g/mol. The van der Waals surface area contributed by atoms with E-state index < -0.39 is 0 Å². The lowest BCUT2D eigenvalue weighted by Gasteiger charge is -2.21. The Kier molecular flexibility index (Phi) is 3.80. The van der Waals surface area contributed by atoms with Crippen LogP contribution in [0.15, 0.2) is 54.6 Å². The van der Waals surface area contributed by atoms with E-state index >= 15 is 0 Å². The van der Waals surface area contributed by atoms with E-state index in [9.17, 15) is 4.79 Å². The second kappa shape index (κ2) is 5.74. The first kappa shape index (κ1) is 13.9. The molecule has 0 bridgehead atoms. The van der Waals surface area contributed by atoms with E-state index in [0.29, 0.717) is 5.02 Å². The van der Waals surface area contributed by atoms with Gasteiger partial charge in [-0.05, 0) is 42.7 Å². The van der Waals surface area contributed by atoms with Gasteiger partial charge in [-0.1, -0.05) is 48.0 Å². The Morgan fingerprint density at radius 3 is 2.71 bits per heavy atom. The minimum Gasteiger partial charge on any atom is -0.305 e. The number of carbonyl (C=O) groups excluding carboxylic acids is 1.